The normalized spacial score (nSPS) is 13.8. The minimum atomic E-state index is -3.54. The average molecular weight is 304 g/mol. The molecular formula is C12H24N4O3S. The van der Waals surface area contributed by atoms with Crippen molar-refractivity contribution in [3.05, 3.63) is 12.4 Å². The SMILES string of the molecule is CCN(C(C)COC)S(=O)(=O)c1cnn(CCCN)c1. The van der Waals surface area contributed by atoms with E-state index in [1.165, 1.54) is 10.5 Å². The second kappa shape index (κ2) is 7.72. The zero-order valence-corrected chi connectivity index (χ0v) is 13.1. The molecule has 0 bridgehead atoms. The van der Waals surface area contributed by atoms with E-state index in [1.54, 1.807) is 18.0 Å². The quantitative estimate of drug-likeness (QED) is 0.707. The number of hydrogen-bond acceptors (Lipinski definition) is 5. The number of sulfonamides is 1. The molecule has 0 amide bonds. The van der Waals surface area contributed by atoms with E-state index in [2.05, 4.69) is 5.10 Å². The molecule has 0 aromatic carbocycles. The van der Waals surface area contributed by atoms with Crippen LogP contribution in [0.25, 0.3) is 0 Å². The Morgan fingerprint density at radius 3 is 2.80 bits per heavy atom. The Morgan fingerprint density at radius 1 is 1.55 bits per heavy atom. The molecule has 2 N–H and O–H groups in total. The molecule has 0 saturated carbocycles. The number of rotatable bonds is 9. The topological polar surface area (TPSA) is 90.5 Å². The highest BCUT2D eigenvalue weighted by atomic mass is 32.2. The summed E-state index contributed by atoms with van der Waals surface area (Å²) in [6.45, 7) is 5.54. The second-order valence-corrected chi connectivity index (χ2v) is 6.48. The lowest BCUT2D eigenvalue weighted by atomic mass is 10.4. The van der Waals surface area contributed by atoms with E-state index in [0.29, 0.717) is 26.2 Å². The lowest BCUT2D eigenvalue weighted by molar-refractivity contribution is 0.142. The van der Waals surface area contributed by atoms with Gasteiger partial charge in [-0.3, -0.25) is 4.68 Å². The maximum Gasteiger partial charge on any atom is 0.246 e. The number of hydrogen-bond donors (Lipinski definition) is 1. The van der Waals surface area contributed by atoms with E-state index in [1.807, 2.05) is 13.8 Å². The summed E-state index contributed by atoms with van der Waals surface area (Å²) >= 11 is 0. The Labute approximate surface area is 120 Å². The molecule has 1 aromatic heterocycles. The molecule has 0 radical (unpaired) electrons. The van der Waals surface area contributed by atoms with Crippen molar-refractivity contribution in [3.63, 3.8) is 0 Å². The molecule has 7 nitrogen and oxygen atoms in total. The molecule has 0 saturated heterocycles. The summed E-state index contributed by atoms with van der Waals surface area (Å²) in [5.74, 6) is 0. The monoisotopic (exact) mass is 304 g/mol. The van der Waals surface area contributed by atoms with Gasteiger partial charge in [-0.25, -0.2) is 8.42 Å². The van der Waals surface area contributed by atoms with Gasteiger partial charge in [0.1, 0.15) is 4.90 Å². The van der Waals surface area contributed by atoms with Crippen molar-refractivity contribution < 1.29 is 13.2 Å². The summed E-state index contributed by atoms with van der Waals surface area (Å²) in [4.78, 5) is 0.208. The molecule has 1 unspecified atom stereocenters. The molecule has 0 spiro atoms. The Morgan fingerprint density at radius 2 is 2.25 bits per heavy atom. The van der Waals surface area contributed by atoms with E-state index in [4.69, 9.17) is 10.5 Å². The molecule has 1 aromatic rings. The third-order valence-electron chi connectivity index (χ3n) is 3.02. The molecule has 1 rings (SSSR count). The van der Waals surface area contributed by atoms with Crippen molar-refractivity contribution >= 4 is 10.0 Å². The van der Waals surface area contributed by atoms with Gasteiger partial charge in [0.05, 0.1) is 12.8 Å². The highest BCUT2D eigenvalue weighted by Crippen LogP contribution is 2.17. The van der Waals surface area contributed by atoms with E-state index in [-0.39, 0.29) is 10.9 Å². The maximum absolute atomic E-state index is 12.6. The highest BCUT2D eigenvalue weighted by Gasteiger charge is 2.28. The van der Waals surface area contributed by atoms with Crippen LogP contribution < -0.4 is 5.73 Å². The fourth-order valence-electron chi connectivity index (χ4n) is 2.03. The molecule has 116 valence electrons. The summed E-state index contributed by atoms with van der Waals surface area (Å²) in [5.41, 5.74) is 5.43. The van der Waals surface area contributed by atoms with Crippen LogP contribution in [0.4, 0.5) is 0 Å². The molecule has 0 fully saturated rings. The summed E-state index contributed by atoms with van der Waals surface area (Å²) < 4.78 is 33.2. The first kappa shape index (κ1) is 17.1. The van der Waals surface area contributed by atoms with E-state index in [9.17, 15) is 8.42 Å². The Balaban J connectivity index is 2.93. The molecule has 0 aliphatic heterocycles. The van der Waals surface area contributed by atoms with E-state index in [0.717, 1.165) is 6.42 Å². The number of aromatic nitrogens is 2. The third kappa shape index (κ3) is 4.02. The van der Waals surface area contributed by atoms with Gasteiger partial charge in [0.25, 0.3) is 0 Å². The van der Waals surface area contributed by atoms with Gasteiger partial charge in [0.2, 0.25) is 10.0 Å². The van der Waals surface area contributed by atoms with Gasteiger partial charge in [0.15, 0.2) is 0 Å². The molecule has 8 heteroatoms. The van der Waals surface area contributed by atoms with Crippen LogP contribution in [0.1, 0.15) is 20.3 Å². The number of nitrogens with two attached hydrogens (primary N) is 1. The number of likely N-dealkylation sites (N-methyl/N-ethyl adjacent to an activating group) is 1. The average Bonchev–Trinajstić information content (AvgIpc) is 2.86. The first-order valence-corrected chi connectivity index (χ1v) is 8.14. The zero-order chi connectivity index (χ0) is 15.2. The lowest BCUT2D eigenvalue weighted by Crippen LogP contribution is -2.40. The Hall–Kier alpha value is -0.960. The van der Waals surface area contributed by atoms with Crippen LogP contribution in [0.2, 0.25) is 0 Å². The molecule has 20 heavy (non-hydrogen) atoms. The molecular weight excluding hydrogens is 280 g/mol. The largest absolute Gasteiger partial charge is 0.383 e. The van der Waals surface area contributed by atoms with Crippen LogP contribution >= 0.6 is 0 Å². The first-order chi connectivity index (χ1) is 9.47. The predicted octanol–water partition coefficient (Wildman–Crippen LogP) is 0.277. The minimum Gasteiger partial charge on any atom is -0.383 e. The zero-order valence-electron chi connectivity index (χ0n) is 12.3. The van der Waals surface area contributed by atoms with Crippen LogP contribution in [-0.4, -0.2) is 55.4 Å². The second-order valence-electron chi connectivity index (χ2n) is 4.59. The van der Waals surface area contributed by atoms with Crippen molar-refractivity contribution in [1.29, 1.82) is 0 Å². The standard InChI is InChI=1S/C12H24N4O3S/c1-4-16(11(2)10-19-3)20(17,18)12-8-14-15(9-12)7-5-6-13/h8-9,11H,4-7,10,13H2,1-3H3. The van der Waals surface area contributed by atoms with Crippen LogP contribution in [0, 0.1) is 0 Å². The lowest BCUT2D eigenvalue weighted by Gasteiger charge is -2.25. The van der Waals surface area contributed by atoms with Crippen LogP contribution in [0.15, 0.2) is 17.3 Å². The number of aryl methyl sites for hydroxylation is 1. The van der Waals surface area contributed by atoms with Crippen molar-refractivity contribution in [2.24, 2.45) is 5.73 Å². The molecule has 1 atom stereocenters. The van der Waals surface area contributed by atoms with Crippen molar-refractivity contribution in [2.45, 2.75) is 37.8 Å². The maximum atomic E-state index is 12.6. The third-order valence-corrected chi connectivity index (χ3v) is 5.06. The number of ether oxygens (including phenoxy) is 1. The van der Waals surface area contributed by atoms with Crippen molar-refractivity contribution in [2.75, 3.05) is 26.8 Å². The molecule has 0 aliphatic rings. The fourth-order valence-corrected chi connectivity index (χ4v) is 3.61. The van der Waals surface area contributed by atoms with Gasteiger partial charge in [-0.05, 0) is 19.9 Å². The molecule has 1 heterocycles. The van der Waals surface area contributed by atoms with E-state index < -0.39 is 10.0 Å². The summed E-state index contributed by atoms with van der Waals surface area (Å²) in [6.07, 6.45) is 3.69. The van der Waals surface area contributed by atoms with Crippen LogP contribution in [0.5, 0.6) is 0 Å². The minimum absolute atomic E-state index is 0.208. The smallest absolute Gasteiger partial charge is 0.246 e. The predicted molar refractivity (Wildman–Crippen MR) is 76.8 cm³/mol. The highest BCUT2D eigenvalue weighted by molar-refractivity contribution is 7.89. The van der Waals surface area contributed by atoms with Gasteiger partial charge in [0, 0.05) is 32.4 Å². The van der Waals surface area contributed by atoms with Gasteiger partial charge >= 0.3 is 0 Å². The number of nitrogens with zero attached hydrogens (tertiary/aromatic N) is 3. The first-order valence-electron chi connectivity index (χ1n) is 6.70. The van der Waals surface area contributed by atoms with Crippen molar-refractivity contribution in [1.82, 2.24) is 14.1 Å². The fraction of sp³-hybridized carbons (Fsp3) is 0.750. The van der Waals surface area contributed by atoms with E-state index >= 15 is 0 Å². The Bertz CT molecular complexity index is 501. The van der Waals surface area contributed by atoms with Crippen molar-refractivity contribution in [3.8, 4) is 0 Å². The summed E-state index contributed by atoms with van der Waals surface area (Å²) in [7, 11) is -1.98. The van der Waals surface area contributed by atoms with Gasteiger partial charge in [-0.15, -0.1) is 0 Å². The van der Waals surface area contributed by atoms with Gasteiger partial charge in [-0.1, -0.05) is 6.92 Å². The summed E-state index contributed by atoms with van der Waals surface area (Å²) in [5, 5.41) is 4.07. The Kier molecular flexibility index (Phi) is 6.60. The van der Waals surface area contributed by atoms with Gasteiger partial charge < -0.3 is 10.5 Å². The number of methoxy groups -OCH3 is 1. The molecule has 0 aliphatic carbocycles. The summed E-state index contributed by atoms with van der Waals surface area (Å²) in [6, 6.07) is -0.220. The van der Waals surface area contributed by atoms with Crippen LogP contribution in [-0.2, 0) is 21.3 Å². The van der Waals surface area contributed by atoms with Gasteiger partial charge in [-0.2, -0.15) is 9.40 Å². The van der Waals surface area contributed by atoms with Crippen LogP contribution in [0.3, 0.4) is 0 Å².